The lowest BCUT2D eigenvalue weighted by Crippen LogP contribution is -2.30. The highest BCUT2D eigenvalue weighted by Crippen LogP contribution is 1.97. The predicted octanol–water partition coefficient (Wildman–Crippen LogP) is 0.290. The maximum atomic E-state index is 11.3. The van der Waals surface area contributed by atoms with E-state index in [0.29, 0.717) is 18.7 Å². The second kappa shape index (κ2) is 5.50. The van der Waals surface area contributed by atoms with Gasteiger partial charge in [0.1, 0.15) is 0 Å². The summed E-state index contributed by atoms with van der Waals surface area (Å²) in [5, 5.41) is 11.6. The fraction of sp³-hybridized carbons (Fsp3) is 0.600. The van der Waals surface area contributed by atoms with Gasteiger partial charge in [-0.1, -0.05) is 0 Å². The molecule has 0 fully saturated rings. The van der Waals surface area contributed by atoms with Gasteiger partial charge in [-0.2, -0.15) is 0 Å². The van der Waals surface area contributed by atoms with Crippen molar-refractivity contribution in [1.82, 2.24) is 14.9 Å². The number of aliphatic hydroxyl groups excluding tert-OH is 1. The van der Waals surface area contributed by atoms with Gasteiger partial charge in [-0.05, 0) is 13.8 Å². The van der Waals surface area contributed by atoms with E-state index in [4.69, 9.17) is 5.11 Å². The van der Waals surface area contributed by atoms with Crippen LogP contribution in [0.4, 0.5) is 0 Å². The van der Waals surface area contributed by atoms with Crippen LogP contribution in [-0.4, -0.2) is 26.6 Å². The van der Waals surface area contributed by atoms with Crippen molar-refractivity contribution in [2.75, 3.05) is 0 Å². The zero-order valence-electron chi connectivity index (χ0n) is 9.10. The highest BCUT2D eigenvalue weighted by atomic mass is 16.3. The summed E-state index contributed by atoms with van der Waals surface area (Å²) in [6.07, 6.45) is 3.79. The molecular formula is C10H17N3O2. The van der Waals surface area contributed by atoms with Gasteiger partial charge >= 0.3 is 0 Å². The molecule has 5 heteroatoms. The largest absolute Gasteiger partial charge is 0.390 e. The zero-order valence-corrected chi connectivity index (χ0v) is 9.10. The van der Waals surface area contributed by atoms with Crippen molar-refractivity contribution < 1.29 is 9.90 Å². The minimum absolute atomic E-state index is 0.0317. The number of carbonyl (C=O) groups excluding carboxylic acids is 1. The van der Waals surface area contributed by atoms with Gasteiger partial charge in [0.05, 0.1) is 18.6 Å². The topological polar surface area (TPSA) is 67.2 Å². The first-order valence-electron chi connectivity index (χ1n) is 5.02. The monoisotopic (exact) mass is 211 g/mol. The Morgan fingerprint density at radius 2 is 2.40 bits per heavy atom. The minimum atomic E-state index is -0.0643. The Morgan fingerprint density at radius 3 is 2.93 bits per heavy atom. The van der Waals surface area contributed by atoms with E-state index in [1.165, 1.54) is 0 Å². The number of aromatic nitrogens is 2. The van der Waals surface area contributed by atoms with E-state index in [0.717, 1.165) is 0 Å². The Kier molecular flexibility index (Phi) is 4.30. The standard InChI is InChI=1S/C10H17N3O2/c1-8(2)12-10(15)3-4-13-5-9(6-14)11-7-13/h5,7-8,14H,3-4,6H2,1-2H3,(H,12,15). The van der Waals surface area contributed by atoms with Crippen LogP contribution in [0, 0.1) is 0 Å². The normalized spacial score (nSPS) is 10.7. The first-order chi connectivity index (χ1) is 7.11. The fourth-order valence-corrected chi connectivity index (χ4v) is 1.24. The summed E-state index contributed by atoms with van der Waals surface area (Å²) >= 11 is 0. The Hall–Kier alpha value is -1.36. The average Bonchev–Trinajstić information content (AvgIpc) is 2.61. The summed E-state index contributed by atoms with van der Waals surface area (Å²) in [5.74, 6) is 0.0317. The molecular weight excluding hydrogens is 194 g/mol. The molecule has 0 aliphatic heterocycles. The Labute approximate surface area is 89.1 Å². The molecule has 0 spiro atoms. The molecule has 5 nitrogen and oxygen atoms in total. The number of aryl methyl sites for hydroxylation is 1. The number of hydrogen-bond donors (Lipinski definition) is 2. The maximum absolute atomic E-state index is 11.3. The van der Waals surface area contributed by atoms with Crippen LogP contribution in [-0.2, 0) is 17.9 Å². The minimum Gasteiger partial charge on any atom is -0.390 e. The van der Waals surface area contributed by atoms with E-state index >= 15 is 0 Å². The summed E-state index contributed by atoms with van der Waals surface area (Å²) in [6.45, 7) is 4.38. The molecule has 0 saturated carbocycles. The molecule has 1 aromatic rings. The van der Waals surface area contributed by atoms with Crippen molar-refractivity contribution in [3.63, 3.8) is 0 Å². The lowest BCUT2D eigenvalue weighted by Gasteiger charge is -2.08. The summed E-state index contributed by atoms with van der Waals surface area (Å²) in [4.78, 5) is 15.3. The number of hydrogen-bond acceptors (Lipinski definition) is 3. The molecule has 0 radical (unpaired) electrons. The van der Waals surface area contributed by atoms with Crippen LogP contribution in [0.2, 0.25) is 0 Å². The zero-order chi connectivity index (χ0) is 11.3. The van der Waals surface area contributed by atoms with Crippen LogP contribution in [0.25, 0.3) is 0 Å². The quantitative estimate of drug-likeness (QED) is 0.735. The van der Waals surface area contributed by atoms with E-state index < -0.39 is 0 Å². The molecule has 2 N–H and O–H groups in total. The van der Waals surface area contributed by atoms with Crippen LogP contribution in [0.3, 0.4) is 0 Å². The number of nitrogens with zero attached hydrogens (tertiary/aromatic N) is 2. The van der Waals surface area contributed by atoms with E-state index in [1.54, 1.807) is 17.1 Å². The fourth-order valence-electron chi connectivity index (χ4n) is 1.24. The molecule has 0 unspecified atom stereocenters. The van der Waals surface area contributed by atoms with E-state index in [9.17, 15) is 4.79 Å². The number of amides is 1. The van der Waals surface area contributed by atoms with Gasteiger partial charge in [0, 0.05) is 25.2 Å². The van der Waals surface area contributed by atoms with Gasteiger partial charge in [-0.25, -0.2) is 4.98 Å². The molecule has 0 aliphatic carbocycles. The van der Waals surface area contributed by atoms with Crippen LogP contribution in [0.1, 0.15) is 26.0 Å². The molecule has 0 bridgehead atoms. The molecule has 15 heavy (non-hydrogen) atoms. The number of aliphatic hydroxyl groups is 1. The second-order valence-electron chi connectivity index (χ2n) is 3.73. The average molecular weight is 211 g/mol. The van der Waals surface area contributed by atoms with Gasteiger partial charge in [-0.15, -0.1) is 0 Å². The molecule has 1 rings (SSSR count). The number of imidazole rings is 1. The van der Waals surface area contributed by atoms with Crippen molar-refractivity contribution in [3.05, 3.63) is 18.2 Å². The summed E-state index contributed by atoms with van der Waals surface area (Å²) in [5.41, 5.74) is 0.624. The Balaban J connectivity index is 2.33. The summed E-state index contributed by atoms with van der Waals surface area (Å²) in [7, 11) is 0. The van der Waals surface area contributed by atoms with Gasteiger partial charge in [0.2, 0.25) is 5.91 Å². The Morgan fingerprint density at radius 1 is 1.67 bits per heavy atom. The van der Waals surface area contributed by atoms with Crippen molar-refractivity contribution in [2.24, 2.45) is 0 Å². The van der Waals surface area contributed by atoms with E-state index in [2.05, 4.69) is 10.3 Å². The molecule has 0 aromatic carbocycles. The molecule has 84 valence electrons. The van der Waals surface area contributed by atoms with Gasteiger partial charge in [0.25, 0.3) is 0 Å². The van der Waals surface area contributed by atoms with E-state index in [-0.39, 0.29) is 18.6 Å². The molecule has 1 amide bonds. The van der Waals surface area contributed by atoms with Crippen molar-refractivity contribution in [1.29, 1.82) is 0 Å². The summed E-state index contributed by atoms with van der Waals surface area (Å²) in [6, 6.07) is 0.174. The van der Waals surface area contributed by atoms with Gasteiger partial charge in [0.15, 0.2) is 0 Å². The van der Waals surface area contributed by atoms with Crippen LogP contribution >= 0.6 is 0 Å². The number of rotatable bonds is 5. The van der Waals surface area contributed by atoms with Crippen LogP contribution < -0.4 is 5.32 Å². The van der Waals surface area contributed by atoms with E-state index in [1.807, 2.05) is 13.8 Å². The third kappa shape index (κ3) is 4.12. The number of nitrogens with one attached hydrogen (secondary N) is 1. The summed E-state index contributed by atoms with van der Waals surface area (Å²) < 4.78 is 1.80. The van der Waals surface area contributed by atoms with Gasteiger partial charge < -0.3 is 15.0 Å². The lowest BCUT2D eigenvalue weighted by atomic mass is 10.3. The van der Waals surface area contributed by atoms with Crippen LogP contribution in [0.5, 0.6) is 0 Å². The highest BCUT2D eigenvalue weighted by Gasteiger charge is 2.03. The SMILES string of the molecule is CC(C)NC(=O)CCn1cnc(CO)c1. The maximum Gasteiger partial charge on any atom is 0.221 e. The molecule has 0 atom stereocenters. The third-order valence-electron chi connectivity index (χ3n) is 1.90. The predicted molar refractivity (Wildman–Crippen MR) is 56.0 cm³/mol. The molecule has 1 aromatic heterocycles. The smallest absolute Gasteiger partial charge is 0.221 e. The highest BCUT2D eigenvalue weighted by molar-refractivity contribution is 5.76. The first-order valence-corrected chi connectivity index (χ1v) is 5.02. The first kappa shape index (κ1) is 11.7. The second-order valence-corrected chi connectivity index (χ2v) is 3.73. The van der Waals surface area contributed by atoms with Crippen molar-refractivity contribution in [3.8, 4) is 0 Å². The van der Waals surface area contributed by atoms with Crippen LogP contribution in [0.15, 0.2) is 12.5 Å². The van der Waals surface area contributed by atoms with Gasteiger partial charge in [-0.3, -0.25) is 4.79 Å². The molecule has 0 aliphatic rings. The number of carbonyl (C=O) groups is 1. The Bertz CT molecular complexity index is 320. The van der Waals surface area contributed by atoms with Crippen molar-refractivity contribution >= 4 is 5.91 Å². The third-order valence-corrected chi connectivity index (χ3v) is 1.90. The molecule has 1 heterocycles. The lowest BCUT2D eigenvalue weighted by molar-refractivity contribution is -0.121. The molecule has 0 saturated heterocycles. The van der Waals surface area contributed by atoms with Crippen molar-refractivity contribution in [2.45, 2.75) is 39.5 Å².